The molecule has 0 saturated carbocycles. The van der Waals surface area contributed by atoms with Crippen LogP contribution in [0, 0.1) is 6.92 Å². The Hall–Kier alpha value is -2.09. The number of hydrazone groups is 1. The van der Waals surface area contributed by atoms with Crippen LogP contribution in [0.15, 0.2) is 22.8 Å². The first-order chi connectivity index (χ1) is 11.4. The molecule has 1 aromatic heterocycles. The fraction of sp³-hybridized carbons (Fsp3) is 0.133. The Morgan fingerprint density at radius 3 is 3.00 bits per heavy atom. The summed E-state index contributed by atoms with van der Waals surface area (Å²) in [6.07, 6.45) is 3.36. The third-order valence-corrected chi connectivity index (χ3v) is 4.66. The number of fused-ring (bicyclic) bond motifs is 1. The largest absolute Gasteiger partial charge is 0.487 e. The predicted octanol–water partition coefficient (Wildman–Crippen LogP) is 3.53. The first-order valence-electron chi connectivity index (χ1n) is 6.83. The second-order valence-electron chi connectivity index (χ2n) is 4.98. The Morgan fingerprint density at radius 1 is 1.50 bits per heavy atom. The van der Waals surface area contributed by atoms with Crippen LogP contribution in [0.1, 0.15) is 20.9 Å². The van der Waals surface area contributed by atoms with Crippen molar-refractivity contribution in [2.45, 2.75) is 6.92 Å². The van der Waals surface area contributed by atoms with Crippen LogP contribution in [0.2, 0.25) is 10.0 Å². The molecule has 2 aromatic rings. The lowest BCUT2D eigenvalue weighted by molar-refractivity contribution is 0.0958. The zero-order chi connectivity index (χ0) is 17.3. The van der Waals surface area contributed by atoms with E-state index < -0.39 is 0 Å². The van der Waals surface area contributed by atoms with Gasteiger partial charge in [-0.1, -0.05) is 34.5 Å². The molecule has 1 aliphatic heterocycles. The average molecular weight is 383 g/mol. The molecule has 3 N–H and O–H groups in total. The number of carbonyl (C=O) groups excluding carboxylic acids is 1. The Bertz CT molecular complexity index is 877. The zero-order valence-electron chi connectivity index (χ0n) is 12.5. The third-order valence-electron chi connectivity index (χ3n) is 3.18. The molecule has 3 rings (SSSR count). The Kier molecular flexibility index (Phi) is 4.75. The van der Waals surface area contributed by atoms with E-state index in [1.807, 2.05) is 6.08 Å². The van der Waals surface area contributed by atoms with Gasteiger partial charge in [-0.15, -0.1) is 0 Å². The molecule has 2 heterocycles. The van der Waals surface area contributed by atoms with Crippen LogP contribution in [-0.2, 0) is 0 Å². The van der Waals surface area contributed by atoms with Crippen LogP contribution in [-0.4, -0.2) is 23.7 Å². The van der Waals surface area contributed by atoms with Crippen LogP contribution in [0.25, 0.3) is 6.08 Å². The number of anilines is 1. The maximum absolute atomic E-state index is 12.0. The first kappa shape index (κ1) is 16.8. The smallest absolute Gasteiger partial charge is 0.283 e. The molecule has 0 aliphatic carbocycles. The molecule has 0 atom stereocenters. The molecular formula is C15H12Cl2N4O2S. The maximum Gasteiger partial charge on any atom is 0.283 e. The summed E-state index contributed by atoms with van der Waals surface area (Å²) in [5.74, 6) is 0.222. The van der Waals surface area contributed by atoms with Gasteiger partial charge >= 0.3 is 0 Å². The predicted molar refractivity (Wildman–Crippen MR) is 97.2 cm³/mol. The van der Waals surface area contributed by atoms with Gasteiger partial charge < -0.3 is 10.5 Å². The van der Waals surface area contributed by atoms with Crippen molar-refractivity contribution in [2.75, 3.05) is 12.3 Å². The van der Waals surface area contributed by atoms with Crippen molar-refractivity contribution in [3.05, 3.63) is 43.9 Å². The summed E-state index contributed by atoms with van der Waals surface area (Å²) < 4.78 is 5.60. The number of hydrogen-bond acceptors (Lipinski definition) is 6. The number of nitrogen functional groups attached to an aromatic ring is 1. The topological polar surface area (TPSA) is 89.6 Å². The Labute approximate surface area is 151 Å². The summed E-state index contributed by atoms with van der Waals surface area (Å²) in [5.41, 5.74) is 10.1. The van der Waals surface area contributed by atoms with E-state index in [-0.39, 0.29) is 5.91 Å². The molecule has 24 heavy (non-hydrogen) atoms. The van der Waals surface area contributed by atoms with E-state index in [1.165, 1.54) is 6.21 Å². The standard InChI is InChI=1S/C15H12Cl2N4O2S/c1-7-13(24-15(18)20-7)14(22)21-19-5-8-2-9-3-10(16)4-11(17)12(9)23-6-8/h2-5H,6H2,1H3,(H2,18,20)(H,21,22)/b19-5+. The summed E-state index contributed by atoms with van der Waals surface area (Å²) in [6.45, 7) is 2.01. The Morgan fingerprint density at radius 2 is 2.29 bits per heavy atom. The van der Waals surface area contributed by atoms with Crippen molar-refractivity contribution in [3.63, 3.8) is 0 Å². The monoisotopic (exact) mass is 382 g/mol. The number of hydrogen-bond donors (Lipinski definition) is 2. The first-order valence-corrected chi connectivity index (χ1v) is 8.40. The van der Waals surface area contributed by atoms with Gasteiger partial charge in [-0.25, -0.2) is 10.4 Å². The van der Waals surface area contributed by atoms with E-state index >= 15 is 0 Å². The molecule has 0 spiro atoms. The van der Waals surface area contributed by atoms with E-state index in [0.29, 0.717) is 38.1 Å². The molecule has 0 saturated heterocycles. The number of aromatic nitrogens is 1. The van der Waals surface area contributed by atoms with Gasteiger partial charge in [0.15, 0.2) is 5.13 Å². The van der Waals surface area contributed by atoms with Gasteiger partial charge in [-0.05, 0) is 25.1 Å². The second kappa shape index (κ2) is 6.80. The number of thiazole rings is 1. The fourth-order valence-electron chi connectivity index (χ4n) is 2.16. The highest BCUT2D eigenvalue weighted by Gasteiger charge is 2.16. The Balaban J connectivity index is 1.72. The number of rotatable bonds is 3. The van der Waals surface area contributed by atoms with Gasteiger partial charge in [0, 0.05) is 16.2 Å². The average Bonchev–Trinajstić information content (AvgIpc) is 2.85. The van der Waals surface area contributed by atoms with Crippen molar-refractivity contribution in [2.24, 2.45) is 5.10 Å². The molecule has 0 bridgehead atoms. The molecule has 124 valence electrons. The van der Waals surface area contributed by atoms with Crippen molar-refractivity contribution in [3.8, 4) is 5.75 Å². The van der Waals surface area contributed by atoms with Gasteiger partial charge in [0.1, 0.15) is 17.2 Å². The normalized spacial score (nSPS) is 13.4. The molecule has 1 amide bonds. The minimum Gasteiger partial charge on any atom is -0.487 e. The third kappa shape index (κ3) is 3.53. The van der Waals surface area contributed by atoms with Crippen molar-refractivity contribution in [1.29, 1.82) is 0 Å². The number of nitrogens with one attached hydrogen (secondary N) is 1. The van der Waals surface area contributed by atoms with E-state index in [2.05, 4.69) is 15.5 Å². The lowest BCUT2D eigenvalue weighted by Gasteiger charge is -2.17. The highest BCUT2D eigenvalue weighted by atomic mass is 35.5. The van der Waals surface area contributed by atoms with Crippen molar-refractivity contribution < 1.29 is 9.53 Å². The van der Waals surface area contributed by atoms with E-state index in [0.717, 1.165) is 22.5 Å². The number of nitrogens with zero attached hydrogens (tertiary/aromatic N) is 2. The summed E-state index contributed by atoms with van der Waals surface area (Å²) in [7, 11) is 0. The van der Waals surface area contributed by atoms with Crippen LogP contribution in [0.4, 0.5) is 5.13 Å². The molecule has 1 aliphatic rings. The van der Waals surface area contributed by atoms with E-state index in [9.17, 15) is 4.79 Å². The number of benzene rings is 1. The quantitative estimate of drug-likeness (QED) is 0.627. The van der Waals surface area contributed by atoms with E-state index in [1.54, 1.807) is 19.1 Å². The number of ether oxygens (including phenoxy) is 1. The van der Waals surface area contributed by atoms with Gasteiger partial charge in [-0.3, -0.25) is 4.79 Å². The van der Waals surface area contributed by atoms with Crippen LogP contribution >= 0.6 is 34.5 Å². The molecule has 0 unspecified atom stereocenters. The van der Waals surface area contributed by atoms with Gasteiger partial charge in [0.05, 0.1) is 16.9 Å². The number of amides is 1. The van der Waals surface area contributed by atoms with Crippen LogP contribution in [0.5, 0.6) is 5.75 Å². The molecular weight excluding hydrogens is 371 g/mol. The lowest BCUT2D eigenvalue weighted by Crippen LogP contribution is -2.18. The van der Waals surface area contributed by atoms with E-state index in [4.69, 9.17) is 33.7 Å². The number of halogens is 2. The number of nitrogens with two attached hydrogens (primary N) is 1. The van der Waals surface area contributed by atoms with Gasteiger partial charge in [0.2, 0.25) is 0 Å². The highest BCUT2D eigenvalue weighted by molar-refractivity contribution is 7.17. The summed E-state index contributed by atoms with van der Waals surface area (Å²) in [4.78, 5) is 16.4. The van der Waals surface area contributed by atoms with Gasteiger partial charge in [-0.2, -0.15) is 5.10 Å². The van der Waals surface area contributed by atoms with Crippen molar-refractivity contribution >= 4 is 57.9 Å². The molecule has 6 nitrogen and oxygen atoms in total. The lowest BCUT2D eigenvalue weighted by atomic mass is 10.1. The number of carbonyl (C=O) groups is 1. The molecule has 0 radical (unpaired) electrons. The SMILES string of the molecule is Cc1nc(N)sc1C(=O)N/N=C/C1=Cc2cc(Cl)cc(Cl)c2OC1. The maximum atomic E-state index is 12.0. The molecule has 0 fully saturated rings. The summed E-state index contributed by atoms with van der Waals surface area (Å²) >= 11 is 13.2. The minimum absolute atomic E-state index is 0.292. The number of aryl methyl sites for hydroxylation is 1. The fourth-order valence-corrected chi connectivity index (χ4v) is 3.45. The molecule has 9 heteroatoms. The van der Waals surface area contributed by atoms with Crippen molar-refractivity contribution in [1.82, 2.24) is 10.4 Å². The van der Waals surface area contributed by atoms with Crippen LogP contribution in [0.3, 0.4) is 0 Å². The second-order valence-corrected chi connectivity index (χ2v) is 6.85. The molecule has 1 aromatic carbocycles. The minimum atomic E-state index is -0.359. The highest BCUT2D eigenvalue weighted by Crippen LogP contribution is 2.36. The zero-order valence-corrected chi connectivity index (χ0v) is 14.8. The van der Waals surface area contributed by atoms with Gasteiger partial charge in [0.25, 0.3) is 5.91 Å². The van der Waals surface area contributed by atoms with Crippen LogP contribution < -0.4 is 15.9 Å². The summed E-state index contributed by atoms with van der Waals surface area (Å²) in [6, 6.07) is 3.37. The summed E-state index contributed by atoms with van der Waals surface area (Å²) in [5, 5.41) is 5.25.